The SMILES string of the molecule is C=CCC(F)=CCOC(=O)C=CC(=O)O. The zero-order valence-corrected chi connectivity index (χ0v) is 7.98. The van der Waals surface area contributed by atoms with Crippen molar-refractivity contribution in [1.29, 1.82) is 0 Å². The van der Waals surface area contributed by atoms with Gasteiger partial charge in [-0.3, -0.25) is 0 Å². The first kappa shape index (κ1) is 13.1. The van der Waals surface area contributed by atoms with Gasteiger partial charge in [0.1, 0.15) is 12.4 Å². The van der Waals surface area contributed by atoms with E-state index in [4.69, 9.17) is 5.11 Å². The van der Waals surface area contributed by atoms with Crippen molar-refractivity contribution in [2.24, 2.45) is 0 Å². The summed E-state index contributed by atoms with van der Waals surface area (Å²) in [4.78, 5) is 20.7. The highest BCUT2D eigenvalue weighted by molar-refractivity contribution is 5.90. The summed E-state index contributed by atoms with van der Waals surface area (Å²) in [5.41, 5.74) is 0. The molecule has 1 N–H and O–H groups in total. The number of allylic oxidation sites excluding steroid dienone is 2. The van der Waals surface area contributed by atoms with Crippen molar-refractivity contribution in [3.05, 3.63) is 36.7 Å². The molecule has 0 aromatic heterocycles. The number of carbonyl (C=O) groups is 2. The van der Waals surface area contributed by atoms with E-state index < -0.39 is 17.8 Å². The van der Waals surface area contributed by atoms with Crippen LogP contribution in [0.3, 0.4) is 0 Å². The average molecular weight is 214 g/mol. The van der Waals surface area contributed by atoms with Crippen molar-refractivity contribution in [3.63, 3.8) is 0 Å². The number of rotatable bonds is 6. The molecule has 0 heterocycles. The minimum absolute atomic E-state index is 0.0719. The van der Waals surface area contributed by atoms with Gasteiger partial charge in [-0.1, -0.05) is 6.08 Å². The first-order chi connectivity index (χ1) is 7.06. The Hall–Kier alpha value is -1.91. The Kier molecular flexibility index (Phi) is 6.54. The van der Waals surface area contributed by atoms with Crippen LogP contribution in [0.4, 0.5) is 4.39 Å². The molecule has 0 unspecified atom stereocenters. The smallest absolute Gasteiger partial charge is 0.331 e. The molecule has 0 bridgehead atoms. The van der Waals surface area contributed by atoms with Crippen LogP contribution in [0.2, 0.25) is 0 Å². The molecule has 5 heteroatoms. The second-order valence-electron chi connectivity index (χ2n) is 2.45. The summed E-state index contributed by atoms with van der Waals surface area (Å²) in [5, 5.41) is 8.17. The van der Waals surface area contributed by atoms with Gasteiger partial charge >= 0.3 is 11.9 Å². The lowest BCUT2D eigenvalue weighted by Crippen LogP contribution is -2.01. The van der Waals surface area contributed by atoms with Crippen molar-refractivity contribution in [3.8, 4) is 0 Å². The van der Waals surface area contributed by atoms with Crippen LogP contribution in [0.1, 0.15) is 6.42 Å². The number of esters is 1. The summed E-state index contributed by atoms with van der Waals surface area (Å²) in [6, 6.07) is 0. The first-order valence-electron chi connectivity index (χ1n) is 4.09. The second kappa shape index (κ2) is 7.49. The maximum Gasteiger partial charge on any atom is 0.331 e. The van der Waals surface area contributed by atoms with Crippen LogP contribution in [0.25, 0.3) is 0 Å². The van der Waals surface area contributed by atoms with E-state index in [0.717, 1.165) is 12.2 Å². The van der Waals surface area contributed by atoms with E-state index in [9.17, 15) is 14.0 Å². The molecule has 0 radical (unpaired) electrons. The number of carbonyl (C=O) groups excluding carboxylic acids is 1. The zero-order chi connectivity index (χ0) is 11.7. The highest BCUT2D eigenvalue weighted by atomic mass is 19.1. The third kappa shape index (κ3) is 8.42. The lowest BCUT2D eigenvalue weighted by molar-refractivity contribution is -0.137. The Morgan fingerprint density at radius 1 is 1.40 bits per heavy atom. The summed E-state index contributed by atoms with van der Waals surface area (Å²) >= 11 is 0. The molecule has 4 nitrogen and oxygen atoms in total. The van der Waals surface area contributed by atoms with Crippen molar-refractivity contribution in [1.82, 2.24) is 0 Å². The first-order valence-corrected chi connectivity index (χ1v) is 4.09. The number of hydrogen-bond donors (Lipinski definition) is 1. The van der Waals surface area contributed by atoms with Gasteiger partial charge in [-0.25, -0.2) is 14.0 Å². The monoisotopic (exact) mass is 214 g/mol. The molecule has 0 aliphatic rings. The second-order valence-corrected chi connectivity index (χ2v) is 2.45. The molecule has 0 amide bonds. The highest BCUT2D eigenvalue weighted by Gasteiger charge is 1.97. The van der Waals surface area contributed by atoms with Crippen molar-refractivity contribution < 1.29 is 23.8 Å². The van der Waals surface area contributed by atoms with Crippen molar-refractivity contribution >= 4 is 11.9 Å². The maximum absolute atomic E-state index is 12.7. The van der Waals surface area contributed by atoms with Gasteiger partial charge in [0.25, 0.3) is 0 Å². The molecule has 0 aliphatic carbocycles. The Morgan fingerprint density at radius 3 is 2.60 bits per heavy atom. The van der Waals surface area contributed by atoms with Crippen LogP contribution < -0.4 is 0 Å². The van der Waals surface area contributed by atoms with Gasteiger partial charge in [-0.2, -0.15) is 0 Å². The normalized spacial score (nSPS) is 11.4. The van der Waals surface area contributed by atoms with E-state index >= 15 is 0 Å². The molecular weight excluding hydrogens is 203 g/mol. The van der Waals surface area contributed by atoms with E-state index in [0.29, 0.717) is 6.08 Å². The summed E-state index contributed by atoms with van der Waals surface area (Å²) in [6.45, 7) is 3.09. The molecule has 0 rings (SSSR count). The van der Waals surface area contributed by atoms with E-state index in [2.05, 4.69) is 11.3 Å². The lowest BCUT2D eigenvalue weighted by Gasteiger charge is -1.96. The van der Waals surface area contributed by atoms with Crippen LogP contribution in [0, 0.1) is 0 Å². The minimum Gasteiger partial charge on any atom is -0.478 e. The molecule has 82 valence electrons. The van der Waals surface area contributed by atoms with Crippen molar-refractivity contribution in [2.45, 2.75) is 6.42 Å². The number of ether oxygens (including phenoxy) is 1. The van der Waals surface area contributed by atoms with Gasteiger partial charge in [0, 0.05) is 18.6 Å². The lowest BCUT2D eigenvalue weighted by atomic mass is 10.3. The van der Waals surface area contributed by atoms with E-state index in [-0.39, 0.29) is 13.0 Å². The van der Waals surface area contributed by atoms with Gasteiger partial charge in [0.15, 0.2) is 0 Å². The topological polar surface area (TPSA) is 63.6 Å². The largest absolute Gasteiger partial charge is 0.478 e. The zero-order valence-electron chi connectivity index (χ0n) is 7.98. The fourth-order valence-corrected chi connectivity index (χ4v) is 0.623. The van der Waals surface area contributed by atoms with Crippen LogP contribution in [-0.2, 0) is 14.3 Å². The Bertz CT molecular complexity index is 305. The molecule has 0 saturated carbocycles. The fraction of sp³-hybridized carbons (Fsp3) is 0.200. The molecule has 0 spiro atoms. The van der Waals surface area contributed by atoms with Gasteiger partial charge in [0.2, 0.25) is 0 Å². The average Bonchev–Trinajstić information content (AvgIpc) is 2.15. The maximum atomic E-state index is 12.7. The van der Waals surface area contributed by atoms with Crippen LogP contribution >= 0.6 is 0 Å². The predicted octanol–water partition coefficient (Wildman–Crippen LogP) is 1.60. The molecule has 0 aromatic carbocycles. The number of aliphatic carboxylic acids is 1. The molecule has 0 aromatic rings. The third-order valence-electron chi connectivity index (χ3n) is 1.23. The molecule has 0 saturated heterocycles. The molecule has 15 heavy (non-hydrogen) atoms. The Balaban J connectivity index is 3.86. The van der Waals surface area contributed by atoms with Gasteiger partial charge < -0.3 is 9.84 Å². The molecule has 0 aliphatic heterocycles. The number of halogens is 1. The fourth-order valence-electron chi connectivity index (χ4n) is 0.623. The van der Waals surface area contributed by atoms with Crippen LogP contribution in [0.5, 0.6) is 0 Å². The van der Waals surface area contributed by atoms with Gasteiger partial charge in [0.05, 0.1) is 0 Å². The molecule has 0 fully saturated rings. The Labute approximate surface area is 86.4 Å². The van der Waals surface area contributed by atoms with E-state index in [1.54, 1.807) is 0 Å². The van der Waals surface area contributed by atoms with Gasteiger partial charge in [-0.05, 0) is 6.08 Å². The summed E-state index contributed by atoms with van der Waals surface area (Å²) in [6.07, 6.45) is 3.92. The summed E-state index contributed by atoms with van der Waals surface area (Å²) in [5.74, 6) is -2.54. The molecular formula is C10H11FO4. The summed E-state index contributed by atoms with van der Waals surface area (Å²) in [7, 11) is 0. The molecule has 0 atom stereocenters. The van der Waals surface area contributed by atoms with Gasteiger partial charge in [-0.15, -0.1) is 6.58 Å². The summed E-state index contributed by atoms with van der Waals surface area (Å²) < 4.78 is 17.1. The Morgan fingerprint density at radius 2 is 2.07 bits per heavy atom. The highest BCUT2D eigenvalue weighted by Crippen LogP contribution is 2.02. The third-order valence-corrected chi connectivity index (χ3v) is 1.23. The minimum atomic E-state index is -1.25. The van der Waals surface area contributed by atoms with E-state index in [1.165, 1.54) is 6.08 Å². The van der Waals surface area contributed by atoms with Crippen LogP contribution in [-0.4, -0.2) is 23.7 Å². The predicted molar refractivity (Wildman–Crippen MR) is 51.7 cm³/mol. The number of carboxylic acids is 1. The number of carboxylic acid groups (broad SMARTS) is 1. The van der Waals surface area contributed by atoms with Crippen molar-refractivity contribution in [2.75, 3.05) is 6.61 Å². The standard InChI is InChI=1S/C10H11FO4/c1-2-3-8(11)6-7-15-10(14)5-4-9(12)13/h2,4-6H,1,3,7H2,(H,12,13). The van der Waals surface area contributed by atoms with E-state index in [1.807, 2.05) is 0 Å². The number of hydrogen-bond acceptors (Lipinski definition) is 3. The van der Waals surface area contributed by atoms with Crippen LogP contribution in [0.15, 0.2) is 36.7 Å². The quantitative estimate of drug-likeness (QED) is 0.414.